The first kappa shape index (κ1) is 21.8. The van der Waals surface area contributed by atoms with E-state index in [1.54, 1.807) is 18.3 Å². The number of halogens is 3. The molecule has 0 atom stereocenters. The smallest absolute Gasteiger partial charge is 0.416 e. The number of aryl methyl sites for hydroxylation is 1. The van der Waals surface area contributed by atoms with Crippen molar-refractivity contribution in [3.8, 4) is 17.2 Å². The number of hydrogen-bond donors (Lipinski definition) is 0. The third kappa shape index (κ3) is 5.39. The van der Waals surface area contributed by atoms with Crippen molar-refractivity contribution < 1.29 is 27.6 Å². The normalized spacial score (nSPS) is 11.5. The average molecular weight is 430 g/mol. The zero-order valence-corrected chi connectivity index (χ0v) is 16.5. The maximum Gasteiger partial charge on any atom is 0.416 e. The van der Waals surface area contributed by atoms with E-state index < -0.39 is 22.4 Å². The van der Waals surface area contributed by atoms with Crippen LogP contribution in [-0.4, -0.2) is 18.2 Å². The molecule has 6 nitrogen and oxygen atoms in total. The second-order valence-electron chi connectivity index (χ2n) is 6.54. The maximum absolute atomic E-state index is 12.9. The van der Waals surface area contributed by atoms with Gasteiger partial charge in [-0.25, -0.2) is 0 Å². The Bertz CT molecular complexity index is 1130. The van der Waals surface area contributed by atoms with Gasteiger partial charge in [-0.2, -0.15) is 13.2 Å². The van der Waals surface area contributed by atoms with Gasteiger partial charge in [-0.15, -0.1) is 0 Å². The summed E-state index contributed by atoms with van der Waals surface area (Å²) in [6.45, 7) is 1.97. The molecule has 31 heavy (non-hydrogen) atoms. The van der Waals surface area contributed by atoms with E-state index in [4.69, 9.17) is 9.47 Å². The summed E-state index contributed by atoms with van der Waals surface area (Å²) in [5.41, 5.74) is 0.597. The van der Waals surface area contributed by atoms with Gasteiger partial charge in [-0.05, 0) is 55.0 Å². The first-order valence-corrected chi connectivity index (χ1v) is 8.99. The zero-order chi connectivity index (χ0) is 22.6. The molecule has 3 aromatic rings. The minimum Gasteiger partial charge on any atom is -0.493 e. The fourth-order valence-corrected chi connectivity index (χ4v) is 2.67. The number of aliphatic imine (C=N–C) groups is 1. The summed E-state index contributed by atoms with van der Waals surface area (Å²) in [5.74, 6) is 0.0114. The molecule has 3 rings (SSSR count). The molecule has 0 heterocycles. The van der Waals surface area contributed by atoms with Crippen molar-refractivity contribution in [1.29, 1.82) is 0 Å². The number of nitro groups is 1. The minimum atomic E-state index is -4.71. The predicted octanol–water partition coefficient (Wildman–Crippen LogP) is 6.47. The number of benzene rings is 3. The lowest BCUT2D eigenvalue weighted by molar-refractivity contribution is -0.385. The Morgan fingerprint density at radius 3 is 2.26 bits per heavy atom. The van der Waals surface area contributed by atoms with Gasteiger partial charge in [0.1, 0.15) is 0 Å². The molecule has 0 bridgehead atoms. The lowest BCUT2D eigenvalue weighted by atomic mass is 10.1. The van der Waals surface area contributed by atoms with Crippen LogP contribution in [0.25, 0.3) is 0 Å². The van der Waals surface area contributed by atoms with Crippen molar-refractivity contribution in [3.05, 3.63) is 87.5 Å². The molecule has 0 amide bonds. The molecule has 0 spiro atoms. The Morgan fingerprint density at radius 1 is 0.968 bits per heavy atom. The number of nitro benzene ring substituents is 1. The molecular weight excluding hydrogens is 413 g/mol. The van der Waals surface area contributed by atoms with Crippen LogP contribution in [0.15, 0.2) is 65.7 Å². The highest BCUT2D eigenvalue weighted by Gasteiger charge is 2.33. The zero-order valence-electron chi connectivity index (χ0n) is 16.5. The van der Waals surface area contributed by atoms with Gasteiger partial charge in [0.25, 0.3) is 0 Å². The SMILES string of the molecule is COc1cc(C=Nc2ccc(C)cc2)ccc1Oc1ccc(C(F)(F)F)cc1[N+](=O)[O-]. The quantitative estimate of drug-likeness (QED) is 0.255. The highest BCUT2D eigenvalue weighted by atomic mass is 19.4. The van der Waals surface area contributed by atoms with E-state index in [-0.39, 0.29) is 17.2 Å². The van der Waals surface area contributed by atoms with Crippen LogP contribution in [0.5, 0.6) is 17.2 Å². The third-order valence-corrected chi connectivity index (χ3v) is 4.29. The van der Waals surface area contributed by atoms with Crippen molar-refractivity contribution in [2.45, 2.75) is 13.1 Å². The molecule has 0 saturated carbocycles. The second kappa shape index (κ2) is 8.86. The largest absolute Gasteiger partial charge is 0.493 e. The van der Waals surface area contributed by atoms with Crippen molar-refractivity contribution in [2.75, 3.05) is 7.11 Å². The van der Waals surface area contributed by atoms with Crippen LogP contribution in [0.1, 0.15) is 16.7 Å². The summed E-state index contributed by atoms with van der Waals surface area (Å²) in [7, 11) is 1.38. The van der Waals surface area contributed by atoms with Crippen molar-refractivity contribution in [2.24, 2.45) is 4.99 Å². The van der Waals surface area contributed by atoms with Gasteiger partial charge in [0.2, 0.25) is 5.75 Å². The summed E-state index contributed by atoms with van der Waals surface area (Å²) >= 11 is 0. The van der Waals surface area contributed by atoms with Crippen LogP contribution in [0.3, 0.4) is 0 Å². The number of nitrogens with zero attached hydrogens (tertiary/aromatic N) is 2. The number of ether oxygens (including phenoxy) is 2. The Balaban J connectivity index is 1.88. The summed E-state index contributed by atoms with van der Waals surface area (Å²) in [6.07, 6.45) is -3.10. The van der Waals surface area contributed by atoms with E-state index in [2.05, 4.69) is 4.99 Å². The topological polar surface area (TPSA) is 74.0 Å². The van der Waals surface area contributed by atoms with Gasteiger partial charge in [-0.1, -0.05) is 17.7 Å². The van der Waals surface area contributed by atoms with Crippen LogP contribution >= 0.6 is 0 Å². The molecule has 3 aromatic carbocycles. The fraction of sp³-hybridized carbons (Fsp3) is 0.136. The Hall–Kier alpha value is -3.88. The summed E-state index contributed by atoms with van der Waals surface area (Å²) in [5, 5.41) is 11.3. The predicted molar refractivity (Wildman–Crippen MR) is 110 cm³/mol. The van der Waals surface area contributed by atoms with Crippen molar-refractivity contribution in [3.63, 3.8) is 0 Å². The minimum absolute atomic E-state index is 0.109. The first-order chi connectivity index (χ1) is 14.7. The van der Waals surface area contributed by atoms with Gasteiger partial charge in [-0.3, -0.25) is 15.1 Å². The average Bonchev–Trinajstić information content (AvgIpc) is 2.73. The van der Waals surface area contributed by atoms with Crippen molar-refractivity contribution >= 4 is 17.6 Å². The van der Waals surface area contributed by atoms with Gasteiger partial charge < -0.3 is 9.47 Å². The molecule has 0 saturated heterocycles. The molecule has 0 aliphatic carbocycles. The Kier molecular flexibility index (Phi) is 6.24. The molecule has 0 radical (unpaired) electrons. The van der Waals surface area contributed by atoms with Crippen LogP contribution in [0.2, 0.25) is 0 Å². The summed E-state index contributed by atoms with van der Waals surface area (Å²) < 4.78 is 49.4. The molecule has 0 aliphatic rings. The van der Waals surface area contributed by atoms with Gasteiger partial charge in [0.15, 0.2) is 11.5 Å². The van der Waals surface area contributed by atoms with E-state index in [1.165, 1.54) is 13.2 Å². The Labute approximate surface area is 175 Å². The number of rotatable bonds is 6. The van der Waals surface area contributed by atoms with Crippen LogP contribution in [-0.2, 0) is 6.18 Å². The molecule has 0 N–H and O–H groups in total. The monoisotopic (exact) mass is 430 g/mol. The van der Waals surface area contributed by atoms with Crippen molar-refractivity contribution in [1.82, 2.24) is 0 Å². The summed E-state index contributed by atoms with van der Waals surface area (Å²) in [4.78, 5) is 14.7. The molecule has 0 unspecified atom stereocenters. The standard InChI is InChI=1S/C22H17F3N2O4/c1-14-3-7-17(8-4-14)26-13-15-5-9-20(21(11-15)30-2)31-19-10-6-16(22(23,24)25)12-18(19)27(28)29/h3-13H,1-2H3. The highest BCUT2D eigenvalue weighted by molar-refractivity contribution is 5.83. The first-order valence-electron chi connectivity index (χ1n) is 8.99. The molecule has 0 aromatic heterocycles. The van der Waals surface area contributed by atoms with Gasteiger partial charge in [0.05, 0.1) is 23.3 Å². The highest BCUT2D eigenvalue weighted by Crippen LogP contribution is 2.40. The van der Waals surface area contributed by atoms with E-state index in [0.29, 0.717) is 11.6 Å². The van der Waals surface area contributed by atoms with Gasteiger partial charge >= 0.3 is 11.9 Å². The molecule has 0 aliphatic heterocycles. The number of methoxy groups -OCH3 is 1. The molecule has 9 heteroatoms. The maximum atomic E-state index is 12.9. The van der Waals surface area contributed by atoms with E-state index in [0.717, 1.165) is 23.4 Å². The fourth-order valence-electron chi connectivity index (χ4n) is 2.67. The van der Waals surface area contributed by atoms with E-state index in [1.807, 2.05) is 31.2 Å². The Morgan fingerprint density at radius 2 is 1.65 bits per heavy atom. The third-order valence-electron chi connectivity index (χ3n) is 4.29. The van der Waals surface area contributed by atoms with Crippen LogP contribution in [0, 0.1) is 17.0 Å². The molecular formula is C22H17F3N2O4. The molecule has 0 fully saturated rings. The number of alkyl halides is 3. The van der Waals surface area contributed by atoms with Gasteiger partial charge in [0, 0.05) is 12.3 Å². The van der Waals surface area contributed by atoms with E-state index in [9.17, 15) is 23.3 Å². The van der Waals surface area contributed by atoms with E-state index >= 15 is 0 Å². The van der Waals surface area contributed by atoms with Crippen LogP contribution < -0.4 is 9.47 Å². The second-order valence-corrected chi connectivity index (χ2v) is 6.54. The lowest BCUT2D eigenvalue weighted by Gasteiger charge is -2.12. The lowest BCUT2D eigenvalue weighted by Crippen LogP contribution is -2.06. The number of hydrogen-bond acceptors (Lipinski definition) is 5. The molecule has 160 valence electrons. The van der Waals surface area contributed by atoms with Crippen LogP contribution in [0.4, 0.5) is 24.5 Å². The summed E-state index contributed by atoms with van der Waals surface area (Å²) in [6, 6.07) is 14.4.